The lowest BCUT2D eigenvalue weighted by atomic mass is 10.2. The molecule has 2 aromatic carbocycles. The van der Waals surface area contributed by atoms with Gasteiger partial charge in [-0.1, -0.05) is 46.3 Å². The quantitative estimate of drug-likeness (QED) is 0.659. The van der Waals surface area contributed by atoms with Gasteiger partial charge in [-0.05, 0) is 42.0 Å². The Morgan fingerprint density at radius 3 is 2.52 bits per heavy atom. The second kappa shape index (κ2) is 7.57. The number of amides is 1. The first-order chi connectivity index (χ1) is 12.0. The summed E-state index contributed by atoms with van der Waals surface area (Å²) in [6.07, 6.45) is 0. The van der Waals surface area contributed by atoms with Gasteiger partial charge in [0.2, 0.25) is 11.7 Å². The topological polar surface area (TPSA) is 63.9 Å². The Bertz CT molecular complexity index is 847. The second-order valence-electron chi connectivity index (χ2n) is 5.80. The molecule has 0 bridgehead atoms. The highest BCUT2D eigenvalue weighted by atomic mass is 79.9. The van der Waals surface area contributed by atoms with E-state index in [4.69, 9.17) is 0 Å². The fraction of sp³-hybridized carbons (Fsp3) is 0.222. The third-order valence-corrected chi connectivity index (χ3v) is 4.40. The Balaban J connectivity index is 1.71. The van der Waals surface area contributed by atoms with E-state index in [1.54, 1.807) is 18.9 Å². The van der Waals surface area contributed by atoms with E-state index in [0.29, 0.717) is 12.4 Å². The van der Waals surface area contributed by atoms with Crippen LogP contribution in [-0.4, -0.2) is 38.1 Å². The van der Waals surface area contributed by atoms with Gasteiger partial charge in [-0.25, -0.2) is 0 Å². The van der Waals surface area contributed by atoms with E-state index in [2.05, 4.69) is 31.3 Å². The molecule has 1 atom stereocenters. The van der Waals surface area contributed by atoms with Crippen LogP contribution in [0.25, 0.3) is 11.4 Å². The Morgan fingerprint density at radius 2 is 1.84 bits per heavy atom. The number of rotatable bonds is 5. The van der Waals surface area contributed by atoms with Crippen molar-refractivity contribution in [3.05, 3.63) is 64.6 Å². The highest BCUT2D eigenvalue weighted by molar-refractivity contribution is 9.10. The maximum absolute atomic E-state index is 12.6. The molecule has 0 radical (unpaired) electrons. The van der Waals surface area contributed by atoms with Crippen LogP contribution in [-0.2, 0) is 11.3 Å². The smallest absolute Gasteiger partial charge is 0.249 e. The average molecular weight is 400 g/mol. The third kappa shape index (κ3) is 4.11. The van der Waals surface area contributed by atoms with Crippen molar-refractivity contribution in [2.24, 2.45) is 0 Å². The number of carbonyl (C=O) groups excluding carboxylic acids is 1. The molecule has 3 rings (SSSR count). The molecule has 0 saturated carbocycles. The van der Waals surface area contributed by atoms with Crippen molar-refractivity contribution in [2.75, 3.05) is 7.05 Å². The zero-order chi connectivity index (χ0) is 17.8. The molecule has 0 aliphatic heterocycles. The van der Waals surface area contributed by atoms with Crippen LogP contribution >= 0.6 is 15.9 Å². The molecule has 7 heteroatoms. The van der Waals surface area contributed by atoms with Crippen molar-refractivity contribution in [3.8, 4) is 11.4 Å². The van der Waals surface area contributed by atoms with Crippen molar-refractivity contribution in [3.63, 3.8) is 0 Å². The summed E-state index contributed by atoms with van der Waals surface area (Å²) in [7, 11) is 1.78. The molecule has 6 nitrogen and oxygen atoms in total. The summed E-state index contributed by atoms with van der Waals surface area (Å²) < 4.78 is 0.981. The summed E-state index contributed by atoms with van der Waals surface area (Å²) in [5.41, 5.74) is 1.93. The lowest BCUT2D eigenvalue weighted by molar-refractivity contribution is -0.134. The number of likely N-dealkylation sites (N-methyl/N-ethyl adjacent to an activating group) is 1. The monoisotopic (exact) mass is 399 g/mol. The zero-order valence-corrected chi connectivity index (χ0v) is 15.6. The van der Waals surface area contributed by atoms with Crippen LogP contribution in [0.4, 0.5) is 0 Å². The minimum atomic E-state index is -0.523. The van der Waals surface area contributed by atoms with Crippen LogP contribution in [0.2, 0.25) is 0 Å². The first kappa shape index (κ1) is 17.3. The van der Waals surface area contributed by atoms with E-state index < -0.39 is 6.04 Å². The third-order valence-electron chi connectivity index (χ3n) is 3.87. The van der Waals surface area contributed by atoms with Crippen LogP contribution in [0.3, 0.4) is 0 Å². The van der Waals surface area contributed by atoms with Gasteiger partial charge in [0.25, 0.3) is 0 Å². The molecule has 0 aliphatic rings. The van der Waals surface area contributed by atoms with E-state index in [-0.39, 0.29) is 5.91 Å². The molecule has 0 saturated heterocycles. The molecule has 25 heavy (non-hydrogen) atoms. The van der Waals surface area contributed by atoms with Gasteiger partial charge in [0.05, 0.1) is 0 Å². The maximum atomic E-state index is 12.6. The Kier molecular flexibility index (Phi) is 5.23. The highest BCUT2D eigenvalue weighted by Gasteiger charge is 2.22. The molecule has 0 fully saturated rings. The number of aromatic nitrogens is 4. The molecular weight excluding hydrogens is 382 g/mol. The lowest BCUT2D eigenvalue weighted by Crippen LogP contribution is -2.33. The van der Waals surface area contributed by atoms with Crippen LogP contribution in [0.1, 0.15) is 18.5 Å². The van der Waals surface area contributed by atoms with Crippen LogP contribution in [0.5, 0.6) is 0 Å². The molecule has 1 amide bonds. The summed E-state index contributed by atoms with van der Waals surface area (Å²) in [6, 6.07) is 17.0. The summed E-state index contributed by atoms with van der Waals surface area (Å²) in [5.74, 6) is 0.432. The Morgan fingerprint density at radius 1 is 1.16 bits per heavy atom. The van der Waals surface area contributed by atoms with Crippen molar-refractivity contribution in [2.45, 2.75) is 19.5 Å². The normalized spacial score (nSPS) is 12.0. The van der Waals surface area contributed by atoms with Gasteiger partial charge in [-0.15, -0.1) is 10.2 Å². The Labute approximate surface area is 154 Å². The number of hydrogen-bond donors (Lipinski definition) is 0. The predicted octanol–water partition coefficient (Wildman–Crippen LogP) is 3.32. The molecule has 3 aromatic rings. The van der Waals surface area contributed by atoms with Crippen LogP contribution in [0, 0.1) is 0 Å². The largest absolute Gasteiger partial charge is 0.340 e. The highest BCUT2D eigenvalue weighted by Crippen LogP contribution is 2.18. The van der Waals surface area contributed by atoms with E-state index in [9.17, 15) is 4.79 Å². The summed E-state index contributed by atoms with van der Waals surface area (Å²) >= 11 is 3.40. The summed E-state index contributed by atoms with van der Waals surface area (Å²) in [6.45, 7) is 2.31. The predicted molar refractivity (Wildman–Crippen MR) is 98.6 cm³/mol. The Hall–Kier alpha value is -2.54. The molecule has 0 aliphatic carbocycles. The van der Waals surface area contributed by atoms with Gasteiger partial charge in [0.15, 0.2) is 0 Å². The summed E-state index contributed by atoms with van der Waals surface area (Å²) in [4.78, 5) is 15.7. The molecule has 128 valence electrons. The number of nitrogens with zero attached hydrogens (tertiary/aromatic N) is 5. The minimum Gasteiger partial charge on any atom is -0.340 e. The average Bonchev–Trinajstić information content (AvgIpc) is 3.12. The van der Waals surface area contributed by atoms with Gasteiger partial charge in [0.1, 0.15) is 6.04 Å². The van der Waals surface area contributed by atoms with Gasteiger partial charge in [-0.2, -0.15) is 4.80 Å². The van der Waals surface area contributed by atoms with Crippen LogP contribution in [0.15, 0.2) is 59.1 Å². The van der Waals surface area contributed by atoms with Gasteiger partial charge < -0.3 is 4.90 Å². The van der Waals surface area contributed by atoms with Crippen molar-refractivity contribution < 1.29 is 4.79 Å². The second-order valence-corrected chi connectivity index (χ2v) is 6.71. The number of hydrogen-bond acceptors (Lipinski definition) is 4. The number of benzene rings is 2. The number of tetrazole rings is 1. The fourth-order valence-electron chi connectivity index (χ4n) is 2.46. The molecule has 0 spiro atoms. The van der Waals surface area contributed by atoms with Crippen molar-refractivity contribution in [1.82, 2.24) is 25.1 Å². The van der Waals surface area contributed by atoms with Crippen molar-refractivity contribution >= 4 is 21.8 Å². The molecule has 0 N–H and O–H groups in total. The van der Waals surface area contributed by atoms with E-state index in [0.717, 1.165) is 15.6 Å². The van der Waals surface area contributed by atoms with E-state index in [1.165, 1.54) is 4.80 Å². The molecule has 0 unspecified atom stereocenters. The lowest BCUT2D eigenvalue weighted by Gasteiger charge is -2.20. The van der Waals surface area contributed by atoms with Crippen LogP contribution < -0.4 is 0 Å². The number of carbonyl (C=O) groups is 1. The van der Waals surface area contributed by atoms with Gasteiger partial charge in [0, 0.05) is 23.6 Å². The van der Waals surface area contributed by atoms with Crippen molar-refractivity contribution in [1.29, 1.82) is 0 Å². The molecule has 1 heterocycles. The first-order valence-corrected chi connectivity index (χ1v) is 8.68. The molecule has 1 aromatic heterocycles. The fourth-order valence-corrected chi connectivity index (χ4v) is 2.72. The van der Waals surface area contributed by atoms with E-state index in [1.807, 2.05) is 54.6 Å². The van der Waals surface area contributed by atoms with Gasteiger partial charge in [-0.3, -0.25) is 4.79 Å². The zero-order valence-electron chi connectivity index (χ0n) is 14.0. The minimum absolute atomic E-state index is 0.0661. The number of halogens is 1. The standard InChI is InChI=1S/C18H18BrN5O/c1-13(18(25)23(2)12-14-6-4-3-5-7-14)24-21-17(20-22-24)15-8-10-16(19)11-9-15/h3-11,13H,12H2,1-2H3/t13-/m1/s1. The SMILES string of the molecule is C[C@H](C(=O)N(C)Cc1ccccc1)n1nnc(-c2ccc(Br)cc2)n1. The molecular formula is C18H18BrN5O. The maximum Gasteiger partial charge on any atom is 0.249 e. The van der Waals surface area contributed by atoms with E-state index >= 15 is 0 Å². The first-order valence-electron chi connectivity index (χ1n) is 7.89. The van der Waals surface area contributed by atoms with Gasteiger partial charge >= 0.3 is 0 Å². The summed E-state index contributed by atoms with van der Waals surface area (Å²) in [5, 5.41) is 12.5.